The van der Waals surface area contributed by atoms with Gasteiger partial charge in [-0.3, -0.25) is 14.5 Å². The lowest BCUT2D eigenvalue weighted by molar-refractivity contribution is -0.122. The quantitative estimate of drug-likeness (QED) is 0.606. The second-order valence-corrected chi connectivity index (χ2v) is 4.68. The number of imide groups is 1. The van der Waals surface area contributed by atoms with Crippen LogP contribution in [0.15, 0.2) is 18.2 Å². The fraction of sp³-hybridized carbons (Fsp3) is 0.333. The monoisotopic (exact) mass is 256 g/mol. The summed E-state index contributed by atoms with van der Waals surface area (Å²) < 4.78 is 0. The van der Waals surface area contributed by atoms with Gasteiger partial charge in [-0.15, -0.1) is 0 Å². The maximum atomic E-state index is 11.9. The number of nitrogens with zero attached hydrogens (tertiary/aromatic N) is 1. The van der Waals surface area contributed by atoms with Gasteiger partial charge in [0.15, 0.2) is 0 Å². The van der Waals surface area contributed by atoms with Crippen molar-refractivity contribution in [3.63, 3.8) is 0 Å². The highest BCUT2D eigenvalue weighted by molar-refractivity contribution is 6.20. The summed E-state index contributed by atoms with van der Waals surface area (Å²) in [6.07, 6.45) is 0.284. The Hall–Kier alpha value is -2.12. The zero-order valence-electron chi connectivity index (χ0n) is 11.1. The normalized spacial score (nSPS) is 18.5. The second kappa shape index (κ2) is 5.25. The molecule has 0 aromatic heterocycles. The SMILES string of the molecule is Cc1cc(N2C(=O)CC(C)C2=O)ccc1C#CCN. The largest absolute Gasteiger partial charge is 0.320 e. The number of hydrogen-bond acceptors (Lipinski definition) is 3. The Morgan fingerprint density at radius 2 is 2.16 bits per heavy atom. The molecule has 1 aliphatic heterocycles. The van der Waals surface area contributed by atoms with Crippen LogP contribution in [0.3, 0.4) is 0 Å². The number of hydrogen-bond donors (Lipinski definition) is 1. The highest BCUT2D eigenvalue weighted by Gasteiger charge is 2.36. The smallest absolute Gasteiger partial charge is 0.237 e. The van der Waals surface area contributed by atoms with Crippen LogP contribution in [0.4, 0.5) is 5.69 Å². The van der Waals surface area contributed by atoms with Crippen molar-refractivity contribution in [3.8, 4) is 11.8 Å². The molecule has 1 saturated heterocycles. The summed E-state index contributed by atoms with van der Waals surface area (Å²) in [6.45, 7) is 3.98. The maximum Gasteiger partial charge on any atom is 0.237 e. The number of carbonyl (C=O) groups excluding carboxylic acids is 2. The molecule has 2 amide bonds. The van der Waals surface area contributed by atoms with E-state index >= 15 is 0 Å². The minimum absolute atomic E-state index is 0.134. The van der Waals surface area contributed by atoms with Crippen molar-refractivity contribution < 1.29 is 9.59 Å². The van der Waals surface area contributed by atoms with E-state index in [2.05, 4.69) is 11.8 Å². The average molecular weight is 256 g/mol. The minimum Gasteiger partial charge on any atom is -0.320 e. The van der Waals surface area contributed by atoms with Gasteiger partial charge >= 0.3 is 0 Å². The first-order chi connectivity index (χ1) is 9.04. The Bertz CT molecular complexity index is 596. The lowest BCUT2D eigenvalue weighted by atomic mass is 10.1. The molecule has 2 N–H and O–H groups in total. The molecule has 1 aliphatic rings. The molecule has 0 saturated carbocycles. The molecule has 0 radical (unpaired) electrons. The van der Waals surface area contributed by atoms with Gasteiger partial charge in [0.25, 0.3) is 0 Å². The number of anilines is 1. The second-order valence-electron chi connectivity index (χ2n) is 4.68. The molecule has 0 aliphatic carbocycles. The Labute approximate surface area is 112 Å². The third kappa shape index (κ3) is 2.51. The third-order valence-electron chi connectivity index (χ3n) is 3.17. The summed E-state index contributed by atoms with van der Waals surface area (Å²) in [5.74, 6) is 5.24. The van der Waals surface area contributed by atoms with Gasteiger partial charge in [0.1, 0.15) is 0 Å². The molecular weight excluding hydrogens is 240 g/mol. The predicted molar refractivity (Wildman–Crippen MR) is 73.4 cm³/mol. The van der Waals surface area contributed by atoms with E-state index in [0.29, 0.717) is 12.2 Å². The fourth-order valence-electron chi connectivity index (χ4n) is 2.13. The highest BCUT2D eigenvalue weighted by Crippen LogP contribution is 2.27. The van der Waals surface area contributed by atoms with Crippen molar-refractivity contribution in [2.24, 2.45) is 11.7 Å². The van der Waals surface area contributed by atoms with E-state index in [0.717, 1.165) is 11.1 Å². The van der Waals surface area contributed by atoms with E-state index in [1.165, 1.54) is 4.90 Å². The predicted octanol–water partition coefficient (Wildman–Crippen LogP) is 1.20. The van der Waals surface area contributed by atoms with Gasteiger partial charge in [-0.05, 0) is 30.7 Å². The summed E-state index contributed by atoms with van der Waals surface area (Å²) in [5, 5.41) is 0. The molecule has 4 nitrogen and oxygen atoms in total. The lowest BCUT2D eigenvalue weighted by Gasteiger charge is -2.15. The number of nitrogens with two attached hydrogens (primary N) is 1. The molecule has 1 fully saturated rings. The first-order valence-corrected chi connectivity index (χ1v) is 6.21. The van der Waals surface area contributed by atoms with Crippen LogP contribution in [-0.2, 0) is 9.59 Å². The standard InChI is InChI=1S/C15H16N2O2/c1-10-8-13(6-5-12(10)4-3-7-16)17-14(18)9-11(2)15(17)19/h5-6,8,11H,7,9,16H2,1-2H3. The van der Waals surface area contributed by atoms with Gasteiger partial charge in [0.2, 0.25) is 11.8 Å². The Balaban J connectivity index is 2.35. The van der Waals surface area contributed by atoms with Crippen molar-refractivity contribution in [2.75, 3.05) is 11.4 Å². The molecule has 1 aromatic rings. The molecule has 1 unspecified atom stereocenters. The van der Waals surface area contributed by atoms with Crippen LogP contribution in [0.2, 0.25) is 0 Å². The van der Waals surface area contributed by atoms with E-state index in [-0.39, 0.29) is 24.2 Å². The van der Waals surface area contributed by atoms with Crippen LogP contribution in [0.1, 0.15) is 24.5 Å². The number of carbonyl (C=O) groups is 2. The molecule has 1 heterocycles. The molecule has 1 aromatic carbocycles. The molecule has 0 spiro atoms. The van der Waals surface area contributed by atoms with E-state index in [1.807, 2.05) is 19.1 Å². The van der Waals surface area contributed by atoms with Crippen LogP contribution in [-0.4, -0.2) is 18.4 Å². The molecule has 19 heavy (non-hydrogen) atoms. The Kier molecular flexibility index (Phi) is 3.68. The summed E-state index contributed by atoms with van der Waals surface area (Å²) in [4.78, 5) is 25.0. The van der Waals surface area contributed by atoms with Gasteiger partial charge in [-0.2, -0.15) is 0 Å². The van der Waals surface area contributed by atoms with Crippen LogP contribution in [0.5, 0.6) is 0 Å². The molecule has 2 rings (SSSR count). The summed E-state index contributed by atoms with van der Waals surface area (Å²) in [6, 6.07) is 5.38. The van der Waals surface area contributed by atoms with Gasteiger partial charge < -0.3 is 5.73 Å². The average Bonchev–Trinajstić information content (AvgIpc) is 2.62. The maximum absolute atomic E-state index is 11.9. The zero-order chi connectivity index (χ0) is 14.0. The van der Waals surface area contributed by atoms with Crippen LogP contribution in [0, 0.1) is 24.7 Å². The molecule has 0 bridgehead atoms. The molecule has 98 valence electrons. The lowest BCUT2D eigenvalue weighted by Crippen LogP contribution is -2.30. The van der Waals surface area contributed by atoms with Crippen molar-refractivity contribution in [3.05, 3.63) is 29.3 Å². The molecule has 1 atom stereocenters. The van der Waals surface area contributed by atoms with E-state index in [9.17, 15) is 9.59 Å². The van der Waals surface area contributed by atoms with Crippen molar-refractivity contribution in [1.82, 2.24) is 0 Å². The van der Waals surface area contributed by atoms with Crippen LogP contribution < -0.4 is 10.6 Å². The molecular formula is C15H16N2O2. The van der Waals surface area contributed by atoms with Crippen molar-refractivity contribution >= 4 is 17.5 Å². The number of benzene rings is 1. The number of rotatable bonds is 1. The first-order valence-electron chi connectivity index (χ1n) is 6.21. The van der Waals surface area contributed by atoms with Gasteiger partial charge in [0, 0.05) is 17.9 Å². The molecule has 4 heteroatoms. The Morgan fingerprint density at radius 3 is 2.68 bits per heavy atom. The highest BCUT2D eigenvalue weighted by atomic mass is 16.2. The topological polar surface area (TPSA) is 63.4 Å². The van der Waals surface area contributed by atoms with Gasteiger partial charge in [0.05, 0.1) is 12.2 Å². The number of aryl methyl sites for hydroxylation is 1. The minimum atomic E-state index is -0.232. The third-order valence-corrected chi connectivity index (χ3v) is 3.17. The van der Waals surface area contributed by atoms with Crippen molar-refractivity contribution in [2.45, 2.75) is 20.3 Å². The Morgan fingerprint density at radius 1 is 1.42 bits per heavy atom. The van der Waals surface area contributed by atoms with Crippen LogP contribution >= 0.6 is 0 Å². The van der Waals surface area contributed by atoms with E-state index < -0.39 is 0 Å². The van der Waals surface area contributed by atoms with E-state index in [4.69, 9.17) is 5.73 Å². The fourth-order valence-corrected chi connectivity index (χ4v) is 2.13. The van der Waals surface area contributed by atoms with Gasteiger partial charge in [-0.25, -0.2) is 0 Å². The number of amides is 2. The van der Waals surface area contributed by atoms with E-state index in [1.54, 1.807) is 13.0 Å². The van der Waals surface area contributed by atoms with Gasteiger partial charge in [-0.1, -0.05) is 18.8 Å². The summed E-state index contributed by atoms with van der Waals surface area (Å²) in [5.41, 5.74) is 7.75. The van der Waals surface area contributed by atoms with Crippen LogP contribution in [0.25, 0.3) is 0 Å². The zero-order valence-corrected chi connectivity index (χ0v) is 11.1. The first kappa shape index (κ1) is 13.3. The summed E-state index contributed by atoms with van der Waals surface area (Å²) in [7, 11) is 0. The van der Waals surface area contributed by atoms with Crippen molar-refractivity contribution in [1.29, 1.82) is 0 Å². The summed E-state index contributed by atoms with van der Waals surface area (Å²) >= 11 is 0.